The van der Waals surface area contributed by atoms with Crippen molar-refractivity contribution < 1.29 is 4.79 Å². The topological polar surface area (TPSA) is 29.1 Å². The van der Waals surface area contributed by atoms with Crippen molar-refractivity contribution in [2.75, 3.05) is 13.1 Å². The van der Waals surface area contributed by atoms with E-state index in [-0.39, 0.29) is 5.41 Å². The van der Waals surface area contributed by atoms with Crippen molar-refractivity contribution in [3.8, 4) is 0 Å². The third kappa shape index (κ3) is 2.06. The Bertz CT molecular complexity index is 350. The molecule has 0 amide bonds. The highest BCUT2D eigenvalue weighted by Gasteiger charge is 2.42. The van der Waals surface area contributed by atoms with Gasteiger partial charge in [-0.25, -0.2) is 0 Å². The Morgan fingerprint density at radius 3 is 2.94 bits per heavy atom. The van der Waals surface area contributed by atoms with Gasteiger partial charge in [0, 0.05) is 18.4 Å². The fourth-order valence-corrected chi connectivity index (χ4v) is 3.19. The van der Waals surface area contributed by atoms with Gasteiger partial charge >= 0.3 is 0 Å². The molecule has 1 atom stereocenters. The number of nitrogens with one attached hydrogen (secondary N) is 1. The van der Waals surface area contributed by atoms with E-state index in [1.165, 1.54) is 5.56 Å². The van der Waals surface area contributed by atoms with Crippen LogP contribution in [0.25, 0.3) is 0 Å². The second-order valence-electron chi connectivity index (χ2n) is 4.97. The lowest BCUT2D eigenvalue weighted by molar-refractivity contribution is -0.129. The third-order valence-corrected chi connectivity index (χ3v) is 4.53. The number of rotatable bonds is 4. The minimum atomic E-state index is -0.123. The van der Waals surface area contributed by atoms with Crippen LogP contribution < -0.4 is 5.32 Å². The van der Waals surface area contributed by atoms with Crippen LogP contribution in [0.1, 0.15) is 25.8 Å². The fourth-order valence-electron chi connectivity index (χ4n) is 2.52. The van der Waals surface area contributed by atoms with Gasteiger partial charge in [-0.15, -0.1) is 0 Å². The van der Waals surface area contributed by atoms with Crippen LogP contribution >= 0.6 is 11.3 Å². The highest BCUT2D eigenvalue weighted by atomic mass is 32.1. The van der Waals surface area contributed by atoms with E-state index in [0.717, 1.165) is 19.5 Å². The molecule has 1 N–H and O–H groups in total. The minimum Gasteiger partial charge on any atom is -0.316 e. The number of Topliss-reactive ketones (excluding diaryl/α,β-unsaturated/α-hetero) is 1. The summed E-state index contributed by atoms with van der Waals surface area (Å²) in [6.07, 6.45) is 1.59. The smallest absolute Gasteiger partial charge is 0.144 e. The summed E-state index contributed by atoms with van der Waals surface area (Å²) in [6.45, 7) is 6.16. The number of ketones is 1. The molecule has 2 nitrogen and oxygen atoms in total. The fraction of sp³-hybridized carbons (Fsp3) is 0.615. The molecule has 1 unspecified atom stereocenters. The molecule has 3 heteroatoms. The van der Waals surface area contributed by atoms with Gasteiger partial charge in [0.2, 0.25) is 0 Å². The number of hydrogen-bond donors (Lipinski definition) is 1. The first-order chi connectivity index (χ1) is 7.65. The van der Waals surface area contributed by atoms with E-state index in [1.54, 1.807) is 11.3 Å². The lowest BCUT2D eigenvalue weighted by atomic mass is 9.71. The number of carbonyl (C=O) groups excluding carboxylic acids is 1. The van der Waals surface area contributed by atoms with Crippen molar-refractivity contribution in [1.82, 2.24) is 5.32 Å². The van der Waals surface area contributed by atoms with E-state index >= 15 is 0 Å². The lowest BCUT2D eigenvalue weighted by Crippen LogP contribution is -2.39. The van der Waals surface area contributed by atoms with Crippen molar-refractivity contribution in [3.05, 3.63) is 22.4 Å². The molecule has 1 aliphatic heterocycles. The van der Waals surface area contributed by atoms with Gasteiger partial charge in [0.25, 0.3) is 0 Å². The molecule has 2 rings (SSSR count). The van der Waals surface area contributed by atoms with Crippen LogP contribution in [0.2, 0.25) is 0 Å². The molecule has 88 valence electrons. The highest BCUT2D eigenvalue weighted by Crippen LogP contribution is 2.36. The van der Waals surface area contributed by atoms with E-state index in [0.29, 0.717) is 18.1 Å². The van der Waals surface area contributed by atoms with E-state index in [2.05, 4.69) is 30.6 Å². The molecule has 1 aromatic heterocycles. The summed E-state index contributed by atoms with van der Waals surface area (Å²) < 4.78 is 0. The van der Waals surface area contributed by atoms with Crippen LogP contribution in [-0.2, 0) is 11.2 Å². The van der Waals surface area contributed by atoms with Gasteiger partial charge in [0.15, 0.2) is 0 Å². The summed E-state index contributed by atoms with van der Waals surface area (Å²) in [5, 5.41) is 7.45. The van der Waals surface area contributed by atoms with Gasteiger partial charge in [-0.2, -0.15) is 11.3 Å². The summed E-state index contributed by atoms with van der Waals surface area (Å²) in [7, 11) is 0. The van der Waals surface area contributed by atoms with Crippen molar-refractivity contribution in [3.63, 3.8) is 0 Å². The third-order valence-electron chi connectivity index (χ3n) is 3.79. The molecule has 0 radical (unpaired) electrons. The highest BCUT2D eigenvalue weighted by molar-refractivity contribution is 7.08. The van der Waals surface area contributed by atoms with E-state index in [1.807, 2.05) is 5.38 Å². The summed E-state index contributed by atoms with van der Waals surface area (Å²) in [5.74, 6) is 0.833. The maximum atomic E-state index is 12.4. The van der Waals surface area contributed by atoms with Crippen LogP contribution in [0.3, 0.4) is 0 Å². The summed E-state index contributed by atoms with van der Waals surface area (Å²) in [6, 6.07) is 2.05. The zero-order chi connectivity index (χ0) is 11.6. The lowest BCUT2D eigenvalue weighted by Gasteiger charge is -2.31. The standard InChI is InChI=1S/C13H19NOS/c1-10(2)13(4-5-14-9-13)12(15)7-11-3-6-16-8-11/h3,6,8,10,14H,4-5,7,9H2,1-2H3. The zero-order valence-electron chi connectivity index (χ0n) is 9.95. The van der Waals surface area contributed by atoms with Crippen molar-refractivity contribution >= 4 is 17.1 Å². The van der Waals surface area contributed by atoms with Crippen molar-refractivity contribution in [2.45, 2.75) is 26.7 Å². The van der Waals surface area contributed by atoms with E-state index < -0.39 is 0 Å². The largest absolute Gasteiger partial charge is 0.316 e. The maximum absolute atomic E-state index is 12.4. The predicted octanol–water partition coefficient (Wildman–Crippen LogP) is 2.50. The molecular formula is C13H19NOS. The Morgan fingerprint density at radius 2 is 2.44 bits per heavy atom. The van der Waals surface area contributed by atoms with Gasteiger partial charge in [0.05, 0.1) is 0 Å². The van der Waals surface area contributed by atoms with Crippen molar-refractivity contribution in [2.24, 2.45) is 11.3 Å². The molecule has 1 fully saturated rings. The Kier molecular flexibility index (Phi) is 3.45. The average Bonchev–Trinajstić information content (AvgIpc) is 2.87. The summed E-state index contributed by atoms with van der Waals surface area (Å²) >= 11 is 1.66. The molecule has 0 aliphatic carbocycles. The first-order valence-electron chi connectivity index (χ1n) is 5.90. The molecule has 16 heavy (non-hydrogen) atoms. The normalized spacial score (nSPS) is 25.2. The van der Waals surface area contributed by atoms with Crippen LogP contribution in [0.4, 0.5) is 0 Å². The number of thiophene rings is 1. The second kappa shape index (κ2) is 4.68. The molecule has 1 aliphatic rings. The first kappa shape index (κ1) is 11.8. The van der Waals surface area contributed by atoms with E-state index in [9.17, 15) is 4.79 Å². The Hall–Kier alpha value is -0.670. The Labute approximate surface area is 101 Å². The molecule has 0 spiro atoms. The minimum absolute atomic E-state index is 0.123. The Balaban J connectivity index is 2.12. The van der Waals surface area contributed by atoms with Crippen LogP contribution in [0.5, 0.6) is 0 Å². The molecule has 0 aromatic carbocycles. The number of carbonyl (C=O) groups is 1. The molecular weight excluding hydrogens is 218 g/mol. The summed E-state index contributed by atoms with van der Waals surface area (Å²) in [4.78, 5) is 12.4. The maximum Gasteiger partial charge on any atom is 0.144 e. The van der Waals surface area contributed by atoms with Crippen LogP contribution in [0, 0.1) is 11.3 Å². The van der Waals surface area contributed by atoms with Crippen LogP contribution in [-0.4, -0.2) is 18.9 Å². The van der Waals surface area contributed by atoms with Gasteiger partial charge in [-0.3, -0.25) is 4.79 Å². The second-order valence-corrected chi connectivity index (χ2v) is 5.75. The number of hydrogen-bond acceptors (Lipinski definition) is 3. The molecule has 0 bridgehead atoms. The molecule has 0 saturated carbocycles. The summed E-state index contributed by atoms with van der Waals surface area (Å²) in [5.41, 5.74) is 1.05. The monoisotopic (exact) mass is 237 g/mol. The molecule has 2 heterocycles. The predicted molar refractivity (Wildman–Crippen MR) is 67.8 cm³/mol. The molecule has 1 saturated heterocycles. The van der Waals surface area contributed by atoms with Crippen LogP contribution in [0.15, 0.2) is 16.8 Å². The Morgan fingerprint density at radius 1 is 1.62 bits per heavy atom. The van der Waals surface area contributed by atoms with Gasteiger partial charge in [-0.1, -0.05) is 13.8 Å². The quantitative estimate of drug-likeness (QED) is 0.871. The zero-order valence-corrected chi connectivity index (χ0v) is 10.8. The average molecular weight is 237 g/mol. The van der Waals surface area contributed by atoms with Gasteiger partial charge < -0.3 is 5.32 Å². The van der Waals surface area contributed by atoms with E-state index in [4.69, 9.17) is 0 Å². The van der Waals surface area contributed by atoms with Gasteiger partial charge in [-0.05, 0) is 41.3 Å². The SMILES string of the molecule is CC(C)C1(C(=O)Cc2ccsc2)CCNC1. The molecule has 1 aromatic rings. The first-order valence-corrected chi connectivity index (χ1v) is 6.84. The van der Waals surface area contributed by atoms with Gasteiger partial charge in [0.1, 0.15) is 5.78 Å². The van der Waals surface area contributed by atoms with Crippen molar-refractivity contribution in [1.29, 1.82) is 0 Å².